The van der Waals surface area contributed by atoms with E-state index in [0.29, 0.717) is 12.5 Å². The number of nitrogens with zero attached hydrogens (tertiary/aromatic N) is 3. The fourth-order valence-electron chi connectivity index (χ4n) is 4.21. The van der Waals surface area contributed by atoms with Gasteiger partial charge in [-0.15, -0.1) is 0 Å². The zero-order chi connectivity index (χ0) is 15.6. The number of piperidine rings is 1. The largest absolute Gasteiger partial charge is 0.355 e. The van der Waals surface area contributed by atoms with Crippen LogP contribution in [-0.4, -0.2) is 74.5 Å². The van der Waals surface area contributed by atoms with Crippen LogP contribution >= 0.6 is 0 Å². The molecule has 6 heteroatoms. The van der Waals surface area contributed by atoms with Gasteiger partial charge in [-0.25, -0.2) is 0 Å². The molecule has 2 unspecified atom stereocenters. The molecular weight excluding hydrogens is 278 g/mol. The van der Waals surface area contributed by atoms with Crippen molar-refractivity contribution in [3.8, 4) is 0 Å². The third-order valence-corrected chi connectivity index (χ3v) is 5.54. The van der Waals surface area contributed by atoms with E-state index in [9.17, 15) is 4.79 Å². The van der Waals surface area contributed by atoms with Gasteiger partial charge in [0.15, 0.2) is 5.96 Å². The lowest BCUT2D eigenvalue weighted by Crippen LogP contribution is -2.52. The van der Waals surface area contributed by atoms with Crippen LogP contribution < -0.4 is 10.6 Å². The molecule has 0 radical (unpaired) electrons. The van der Waals surface area contributed by atoms with Crippen LogP contribution in [-0.2, 0) is 4.79 Å². The molecule has 0 aliphatic carbocycles. The summed E-state index contributed by atoms with van der Waals surface area (Å²) in [6.07, 6.45) is 5.51. The molecule has 1 spiro atoms. The summed E-state index contributed by atoms with van der Waals surface area (Å²) in [4.78, 5) is 20.9. The second-order valence-corrected chi connectivity index (χ2v) is 7.18. The Bertz CT molecular complexity index is 452. The van der Waals surface area contributed by atoms with E-state index in [4.69, 9.17) is 0 Å². The molecule has 124 valence electrons. The van der Waals surface area contributed by atoms with Gasteiger partial charge in [0.05, 0.1) is 0 Å². The maximum absolute atomic E-state index is 11.6. The van der Waals surface area contributed by atoms with Gasteiger partial charge in [0.2, 0.25) is 5.91 Å². The smallest absolute Gasteiger partial charge is 0.220 e. The number of guanidine groups is 1. The lowest BCUT2D eigenvalue weighted by molar-refractivity contribution is -0.119. The number of aliphatic imine (C=N–C) groups is 1. The summed E-state index contributed by atoms with van der Waals surface area (Å²) in [7, 11) is 4.06. The Morgan fingerprint density at radius 1 is 1.45 bits per heavy atom. The number of carbonyl (C=O) groups is 1. The summed E-state index contributed by atoms with van der Waals surface area (Å²) >= 11 is 0. The molecule has 2 N–H and O–H groups in total. The number of hydrogen-bond donors (Lipinski definition) is 2. The van der Waals surface area contributed by atoms with E-state index in [1.54, 1.807) is 0 Å². The van der Waals surface area contributed by atoms with Gasteiger partial charge in [-0.3, -0.25) is 9.79 Å². The molecule has 0 saturated carbocycles. The number of nitrogens with one attached hydrogen (secondary N) is 2. The number of likely N-dealkylation sites (tertiary alicyclic amines) is 2. The van der Waals surface area contributed by atoms with Crippen LogP contribution in [0.15, 0.2) is 4.99 Å². The standard InChI is InChI=1S/C16H29N5O/c1-17-15(18-10-13-5-3-7-20(13)2)21-8-4-6-16(12-21)9-14(22)19-11-16/h13H,3-12H2,1-2H3,(H,17,18)(H,19,22). The van der Waals surface area contributed by atoms with Gasteiger partial charge in [-0.2, -0.15) is 0 Å². The second kappa shape index (κ2) is 6.44. The van der Waals surface area contributed by atoms with Crippen molar-refractivity contribution in [3.63, 3.8) is 0 Å². The maximum Gasteiger partial charge on any atom is 0.220 e. The third-order valence-electron chi connectivity index (χ3n) is 5.54. The highest BCUT2D eigenvalue weighted by Gasteiger charge is 2.42. The number of rotatable bonds is 2. The first kappa shape index (κ1) is 15.6. The second-order valence-electron chi connectivity index (χ2n) is 7.18. The van der Waals surface area contributed by atoms with E-state index in [2.05, 4.69) is 32.5 Å². The van der Waals surface area contributed by atoms with Gasteiger partial charge in [0, 0.05) is 51.1 Å². The topological polar surface area (TPSA) is 60.0 Å². The van der Waals surface area contributed by atoms with E-state index < -0.39 is 0 Å². The fourth-order valence-corrected chi connectivity index (χ4v) is 4.21. The Kier molecular flexibility index (Phi) is 4.57. The van der Waals surface area contributed by atoms with Crippen LogP contribution in [0.5, 0.6) is 0 Å². The minimum absolute atomic E-state index is 0.122. The summed E-state index contributed by atoms with van der Waals surface area (Å²) in [6.45, 7) is 4.96. The highest BCUT2D eigenvalue weighted by Crippen LogP contribution is 2.35. The summed E-state index contributed by atoms with van der Waals surface area (Å²) in [5.41, 5.74) is 0.122. The Hall–Kier alpha value is -1.30. The van der Waals surface area contributed by atoms with E-state index in [-0.39, 0.29) is 11.3 Å². The molecule has 0 aromatic rings. The zero-order valence-electron chi connectivity index (χ0n) is 13.9. The fraction of sp³-hybridized carbons (Fsp3) is 0.875. The Morgan fingerprint density at radius 3 is 2.95 bits per heavy atom. The molecule has 3 aliphatic heterocycles. The van der Waals surface area contributed by atoms with Gasteiger partial charge >= 0.3 is 0 Å². The van der Waals surface area contributed by atoms with E-state index >= 15 is 0 Å². The molecule has 3 rings (SSSR count). The molecule has 3 saturated heterocycles. The third kappa shape index (κ3) is 3.21. The predicted octanol–water partition coefficient (Wildman–Crippen LogP) is 0.258. The number of carbonyl (C=O) groups excluding carboxylic acids is 1. The summed E-state index contributed by atoms with van der Waals surface area (Å²) < 4.78 is 0. The average Bonchev–Trinajstić information content (AvgIpc) is 3.07. The first-order chi connectivity index (χ1) is 10.6. The van der Waals surface area contributed by atoms with Gasteiger partial charge in [-0.1, -0.05) is 0 Å². The summed E-state index contributed by atoms with van der Waals surface area (Å²) in [5, 5.41) is 6.57. The van der Waals surface area contributed by atoms with E-state index in [1.807, 2.05) is 7.05 Å². The SMILES string of the molecule is CN=C(NCC1CCCN1C)N1CCCC2(CNC(=O)C2)C1. The van der Waals surface area contributed by atoms with Crippen molar-refractivity contribution >= 4 is 11.9 Å². The molecular formula is C16H29N5O. The molecule has 3 aliphatic rings. The van der Waals surface area contributed by atoms with Crippen LogP contribution in [0, 0.1) is 5.41 Å². The first-order valence-corrected chi connectivity index (χ1v) is 8.54. The van der Waals surface area contributed by atoms with Gasteiger partial charge in [0.25, 0.3) is 0 Å². The molecule has 22 heavy (non-hydrogen) atoms. The molecule has 0 bridgehead atoms. The lowest BCUT2D eigenvalue weighted by atomic mass is 9.79. The highest BCUT2D eigenvalue weighted by atomic mass is 16.1. The van der Waals surface area contributed by atoms with Crippen LogP contribution in [0.2, 0.25) is 0 Å². The van der Waals surface area contributed by atoms with E-state index in [1.165, 1.54) is 19.4 Å². The van der Waals surface area contributed by atoms with Crippen molar-refractivity contribution in [2.24, 2.45) is 10.4 Å². The maximum atomic E-state index is 11.6. The lowest BCUT2D eigenvalue weighted by Gasteiger charge is -2.41. The Labute approximate surface area is 133 Å². The molecule has 0 aromatic carbocycles. The van der Waals surface area contributed by atoms with Crippen molar-refractivity contribution < 1.29 is 4.79 Å². The first-order valence-electron chi connectivity index (χ1n) is 8.54. The monoisotopic (exact) mass is 307 g/mol. The van der Waals surface area contributed by atoms with Crippen LogP contribution in [0.3, 0.4) is 0 Å². The average molecular weight is 307 g/mol. The number of amides is 1. The Morgan fingerprint density at radius 2 is 2.32 bits per heavy atom. The van der Waals surface area contributed by atoms with Crippen molar-refractivity contribution in [3.05, 3.63) is 0 Å². The molecule has 2 atom stereocenters. The zero-order valence-corrected chi connectivity index (χ0v) is 13.9. The van der Waals surface area contributed by atoms with E-state index in [0.717, 1.165) is 45.0 Å². The molecule has 3 fully saturated rings. The van der Waals surface area contributed by atoms with Crippen molar-refractivity contribution in [1.82, 2.24) is 20.4 Å². The Balaban J connectivity index is 1.57. The highest BCUT2D eigenvalue weighted by molar-refractivity contribution is 5.81. The quantitative estimate of drug-likeness (QED) is 0.567. The normalized spacial score (nSPS) is 33.5. The number of hydrogen-bond acceptors (Lipinski definition) is 3. The van der Waals surface area contributed by atoms with Crippen LogP contribution in [0.4, 0.5) is 0 Å². The number of likely N-dealkylation sites (N-methyl/N-ethyl adjacent to an activating group) is 1. The van der Waals surface area contributed by atoms with Gasteiger partial charge in [0.1, 0.15) is 0 Å². The van der Waals surface area contributed by atoms with Crippen LogP contribution in [0.1, 0.15) is 32.1 Å². The predicted molar refractivity (Wildman–Crippen MR) is 87.9 cm³/mol. The van der Waals surface area contributed by atoms with Crippen LogP contribution in [0.25, 0.3) is 0 Å². The minimum atomic E-state index is 0.122. The molecule has 3 heterocycles. The molecule has 6 nitrogen and oxygen atoms in total. The van der Waals surface area contributed by atoms with Crippen molar-refractivity contribution in [2.75, 3.05) is 46.8 Å². The summed E-state index contributed by atoms with van der Waals surface area (Å²) in [5.74, 6) is 1.20. The molecule has 0 aromatic heterocycles. The molecule has 1 amide bonds. The van der Waals surface area contributed by atoms with Gasteiger partial charge < -0.3 is 20.4 Å². The van der Waals surface area contributed by atoms with Gasteiger partial charge in [-0.05, 0) is 39.3 Å². The van der Waals surface area contributed by atoms with Crippen molar-refractivity contribution in [1.29, 1.82) is 0 Å². The minimum Gasteiger partial charge on any atom is -0.355 e. The van der Waals surface area contributed by atoms with Crippen molar-refractivity contribution in [2.45, 2.75) is 38.1 Å². The summed E-state index contributed by atoms with van der Waals surface area (Å²) in [6, 6.07) is 0.616.